The van der Waals surface area contributed by atoms with Crippen LogP contribution in [0.2, 0.25) is 0 Å². The van der Waals surface area contributed by atoms with Gasteiger partial charge in [-0.2, -0.15) is 0 Å². The lowest BCUT2D eigenvalue weighted by atomic mass is 9.86. The van der Waals surface area contributed by atoms with Crippen LogP contribution in [0.1, 0.15) is 49.0 Å². The first-order valence-corrected chi connectivity index (χ1v) is 8.80. The lowest BCUT2D eigenvalue weighted by Crippen LogP contribution is -2.39. The SMILES string of the molecule is CC1(C)COc2ccc(C(=O)N3CC4CCCC(=O)NC4C3)cc21. The van der Waals surface area contributed by atoms with Gasteiger partial charge in [0.2, 0.25) is 5.91 Å². The van der Waals surface area contributed by atoms with Crippen LogP contribution >= 0.6 is 0 Å². The zero-order chi connectivity index (χ0) is 16.9. The smallest absolute Gasteiger partial charge is 0.253 e. The van der Waals surface area contributed by atoms with E-state index in [1.54, 1.807) is 0 Å². The first kappa shape index (κ1) is 15.5. The Morgan fingerprint density at radius 2 is 2.17 bits per heavy atom. The number of likely N-dealkylation sites (tertiary alicyclic amines) is 1. The van der Waals surface area contributed by atoms with E-state index in [4.69, 9.17) is 4.74 Å². The molecule has 1 aromatic carbocycles. The minimum atomic E-state index is -0.0590. The first-order valence-electron chi connectivity index (χ1n) is 8.80. The van der Waals surface area contributed by atoms with Crippen molar-refractivity contribution >= 4 is 11.8 Å². The molecule has 3 heterocycles. The van der Waals surface area contributed by atoms with E-state index in [2.05, 4.69) is 19.2 Å². The number of nitrogens with one attached hydrogen (secondary N) is 1. The normalized spacial score (nSPS) is 27.8. The fourth-order valence-corrected chi connectivity index (χ4v) is 4.13. The molecule has 2 saturated heterocycles. The highest BCUT2D eigenvalue weighted by Crippen LogP contribution is 2.39. The lowest BCUT2D eigenvalue weighted by molar-refractivity contribution is -0.121. The van der Waals surface area contributed by atoms with Gasteiger partial charge in [-0.1, -0.05) is 13.8 Å². The van der Waals surface area contributed by atoms with Crippen molar-refractivity contribution < 1.29 is 14.3 Å². The molecule has 0 aliphatic carbocycles. The molecule has 3 aliphatic rings. The minimum absolute atomic E-state index is 0.0582. The average Bonchev–Trinajstić information content (AvgIpc) is 3.02. The molecule has 3 aliphatic heterocycles. The van der Waals surface area contributed by atoms with Crippen LogP contribution in [-0.2, 0) is 10.2 Å². The predicted octanol–water partition coefficient (Wildman–Crippen LogP) is 2.10. The van der Waals surface area contributed by atoms with E-state index >= 15 is 0 Å². The minimum Gasteiger partial charge on any atom is -0.492 e. The maximum atomic E-state index is 12.9. The van der Waals surface area contributed by atoms with E-state index in [9.17, 15) is 9.59 Å². The van der Waals surface area contributed by atoms with Crippen molar-refractivity contribution in [3.05, 3.63) is 29.3 Å². The fraction of sp³-hybridized carbons (Fsp3) is 0.579. The molecule has 0 radical (unpaired) electrons. The standard InChI is InChI=1S/C19H24N2O3/c1-19(2)11-24-16-7-6-12(8-14(16)19)18(23)21-9-13-4-3-5-17(22)20-15(13)10-21/h6-8,13,15H,3-5,9-11H2,1-2H3,(H,20,22). The van der Waals surface area contributed by atoms with Gasteiger partial charge in [0.05, 0.1) is 12.6 Å². The molecule has 128 valence electrons. The lowest BCUT2D eigenvalue weighted by Gasteiger charge is -2.19. The molecule has 0 saturated carbocycles. The number of amides is 2. The fourth-order valence-electron chi connectivity index (χ4n) is 4.13. The van der Waals surface area contributed by atoms with E-state index in [0.717, 1.165) is 36.3 Å². The summed E-state index contributed by atoms with van der Waals surface area (Å²) in [5.41, 5.74) is 1.77. The molecule has 2 amide bonds. The third kappa shape index (κ3) is 2.56. The Hall–Kier alpha value is -2.04. The average molecular weight is 328 g/mol. The van der Waals surface area contributed by atoms with Crippen LogP contribution in [0.15, 0.2) is 18.2 Å². The van der Waals surface area contributed by atoms with Crippen LogP contribution in [0.5, 0.6) is 5.75 Å². The highest BCUT2D eigenvalue weighted by atomic mass is 16.5. The topological polar surface area (TPSA) is 58.6 Å². The summed E-state index contributed by atoms with van der Waals surface area (Å²) in [7, 11) is 0. The van der Waals surface area contributed by atoms with Gasteiger partial charge in [-0.25, -0.2) is 0 Å². The van der Waals surface area contributed by atoms with Crippen LogP contribution in [0.3, 0.4) is 0 Å². The number of ether oxygens (including phenoxy) is 1. The van der Waals surface area contributed by atoms with Gasteiger partial charge in [0, 0.05) is 36.1 Å². The molecular formula is C19H24N2O3. The van der Waals surface area contributed by atoms with Crippen molar-refractivity contribution in [3.8, 4) is 5.75 Å². The summed E-state index contributed by atoms with van der Waals surface area (Å²) < 4.78 is 5.70. The second kappa shape index (κ2) is 5.50. The van der Waals surface area contributed by atoms with Crippen molar-refractivity contribution in [2.24, 2.45) is 5.92 Å². The van der Waals surface area contributed by atoms with Gasteiger partial charge in [0.1, 0.15) is 5.75 Å². The Morgan fingerprint density at radius 1 is 1.33 bits per heavy atom. The molecule has 1 aromatic rings. The number of carbonyl (C=O) groups excluding carboxylic acids is 2. The van der Waals surface area contributed by atoms with Gasteiger partial charge in [0.25, 0.3) is 5.91 Å². The van der Waals surface area contributed by atoms with Crippen LogP contribution in [0, 0.1) is 5.92 Å². The third-order valence-electron chi connectivity index (χ3n) is 5.60. The van der Waals surface area contributed by atoms with Crippen molar-refractivity contribution in [1.82, 2.24) is 10.2 Å². The van der Waals surface area contributed by atoms with Gasteiger partial charge >= 0.3 is 0 Å². The number of hydrogen-bond acceptors (Lipinski definition) is 3. The summed E-state index contributed by atoms with van der Waals surface area (Å²) in [6, 6.07) is 5.86. The molecule has 5 nitrogen and oxygen atoms in total. The highest BCUT2D eigenvalue weighted by Gasteiger charge is 2.38. The Bertz CT molecular complexity index is 698. The molecule has 0 bridgehead atoms. The number of carbonyl (C=O) groups is 2. The summed E-state index contributed by atoms with van der Waals surface area (Å²) >= 11 is 0. The summed E-state index contributed by atoms with van der Waals surface area (Å²) in [6.07, 6.45) is 2.54. The predicted molar refractivity (Wildman–Crippen MR) is 90.1 cm³/mol. The third-order valence-corrected chi connectivity index (χ3v) is 5.60. The number of rotatable bonds is 1. The van der Waals surface area contributed by atoms with Gasteiger partial charge in [-0.05, 0) is 37.0 Å². The maximum Gasteiger partial charge on any atom is 0.253 e. The van der Waals surface area contributed by atoms with Crippen molar-refractivity contribution in [1.29, 1.82) is 0 Å². The molecule has 0 spiro atoms. The number of fused-ring (bicyclic) bond motifs is 2. The van der Waals surface area contributed by atoms with Crippen LogP contribution < -0.4 is 10.1 Å². The molecule has 2 fully saturated rings. The van der Waals surface area contributed by atoms with Crippen molar-refractivity contribution in [2.75, 3.05) is 19.7 Å². The van der Waals surface area contributed by atoms with Gasteiger partial charge in [0.15, 0.2) is 0 Å². The highest BCUT2D eigenvalue weighted by molar-refractivity contribution is 5.95. The van der Waals surface area contributed by atoms with Crippen molar-refractivity contribution in [3.63, 3.8) is 0 Å². The molecular weight excluding hydrogens is 304 g/mol. The molecule has 2 atom stereocenters. The molecule has 2 unspecified atom stereocenters. The van der Waals surface area contributed by atoms with Gasteiger partial charge in [-0.15, -0.1) is 0 Å². The summed E-state index contributed by atoms with van der Waals surface area (Å²) in [5, 5.41) is 3.08. The van der Waals surface area contributed by atoms with E-state index in [0.29, 0.717) is 25.5 Å². The first-order chi connectivity index (χ1) is 11.4. The number of benzene rings is 1. The second-order valence-electron chi connectivity index (χ2n) is 7.92. The largest absolute Gasteiger partial charge is 0.492 e. The maximum absolute atomic E-state index is 12.9. The van der Waals surface area contributed by atoms with E-state index < -0.39 is 0 Å². The van der Waals surface area contributed by atoms with E-state index in [1.807, 2.05) is 23.1 Å². The molecule has 0 aromatic heterocycles. The van der Waals surface area contributed by atoms with Crippen LogP contribution in [-0.4, -0.2) is 42.5 Å². The summed E-state index contributed by atoms with van der Waals surface area (Å²) in [6.45, 7) is 6.28. The van der Waals surface area contributed by atoms with Crippen molar-refractivity contribution in [2.45, 2.75) is 44.6 Å². The van der Waals surface area contributed by atoms with E-state index in [1.165, 1.54) is 0 Å². The zero-order valence-electron chi connectivity index (χ0n) is 14.3. The Balaban J connectivity index is 1.54. The van der Waals surface area contributed by atoms with E-state index in [-0.39, 0.29) is 23.3 Å². The van der Waals surface area contributed by atoms with Crippen LogP contribution in [0.25, 0.3) is 0 Å². The van der Waals surface area contributed by atoms with Gasteiger partial charge in [-0.3, -0.25) is 9.59 Å². The molecule has 5 heteroatoms. The number of hydrogen-bond donors (Lipinski definition) is 1. The Kier molecular flexibility index (Phi) is 3.55. The molecule has 4 rings (SSSR count). The van der Waals surface area contributed by atoms with Gasteiger partial charge < -0.3 is 15.0 Å². The zero-order valence-corrected chi connectivity index (χ0v) is 14.3. The number of nitrogens with zero attached hydrogens (tertiary/aromatic N) is 1. The summed E-state index contributed by atoms with van der Waals surface area (Å²) in [5.74, 6) is 1.45. The second-order valence-corrected chi connectivity index (χ2v) is 7.92. The Labute approximate surface area is 142 Å². The Morgan fingerprint density at radius 3 is 3.00 bits per heavy atom. The quantitative estimate of drug-likeness (QED) is 0.859. The van der Waals surface area contributed by atoms with Crippen LogP contribution in [0.4, 0.5) is 0 Å². The molecule has 1 N–H and O–H groups in total. The summed E-state index contributed by atoms with van der Waals surface area (Å²) in [4.78, 5) is 26.6. The monoisotopic (exact) mass is 328 g/mol. The molecule has 24 heavy (non-hydrogen) atoms.